The number of rotatable bonds is 3. The Morgan fingerprint density at radius 3 is 2.52 bits per heavy atom. The van der Waals surface area contributed by atoms with E-state index in [4.69, 9.17) is 5.73 Å². The second kappa shape index (κ2) is 6.24. The molecule has 1 aromatic heterocycles. The molecule has 0 bridgehead atoms. The van der Waals surface area contributed by atoms with Gasteiger partial charge < -0.3 is 10.6 Å². The van der Waals surface area contributed by atoms with Gasteiger partial charge in [0.2, 0.25) is 0 Å². The molecule has 1 fully saturated rings. The molecule has 1 aromatic carbocycles. The van der Waals surface area contributed by atoms with E-state index >= 15 is 0 Å². The van der Waals surface area contributed by atoms with Crippen LogP contribution in [0.1, 0.15) is 15.2 Å². The van der Waals surface area contributed by atoms with Gasteiger partial charge in [0.15, 0.2) is 5.13 Å². The van der Waals surface area contributed by atoms with E-state index in [-0.39, 0.29) is 5.91 Å². The van der Waals surface area contributed by atoms with E-state index in [9.17, 15) is 4.79 Å². The van der Waals surface area contributed by atoms with Crippen molar-refractivity contribution in [3.63, 3.8) is 0 Å². The van der Waals surface area contributed by atoms with Crippen LogP contribution in [0.3, 0.4) is 0 Å². The van der Waals surface area contributed by atoms with E-state index < -0.39 is 0 Å². The first-order valence-corrected chi connectivity index (χ1v) is 7.81. The summed E-state index contributed by atoms with van der Waals surface area (Å²) in [6.07, 6.45) is 1.83. The van der Waals surface area contributed by atoms with Crippen LogP contribution in [0.4, 0.5) is 5.13 Å². The van der Waals surface area contributed by atoms with Crippen LogP contribution < -0.4 is 5.73 Å². The Balaban J connectivity index is 1.54. The molecule has 0 spiro atoms. The van der Waals surface area contributed by atoms with Gasteiger partial charge >= 0.3 is 0 Å². The summed E-state index contributed by atoms with van der Waals surface area (Å²) in [6, 6.07) is 9.47. The number of carbonyl (C=O) groups is 1. The average molecular weight is 302 g/mol. The zero-order chi connectivity index (χ0) is 14.7. The molecule has 1 saturated heterocycles. The number of hydrogen-bond donors (Lipinski definition) is 1. The average Bonchev–Trinajstić information content (AvgIpc) is 2.93. The Morgan fingerprint density at radius 1 is 1.19 bits per heavy atom. The molecule has 1 aliphatic rings. The minimum atomic E-state index is 0.122. The number of thiazole rings is 1. The maximum absolute atomic E-state index is 12.4. The Labute approximate surface area is 128 Å². The largest absolute Gasteiger partial charge is 0.375 e. The number of nitrogen functional groups attached to an aromatic ring is 1. The van der Waals surface area contributed by atoms with Crippen LogP contribution in [0, 0.1) is 0 Å². The van der Waals surface area contributed by atoms with Gasteiger partial charge in [-0.15, -0.1) is 11.3 Å². The van der Waals surface area contributed by atoms with Crippen LogP contribution in [0.2, 0.25) is 0 Å². The van der Waals surface area contributed by atoms with Crippen molar-refractivity contribution in [2.45, 2.75) is 6.54 Å². The molecule has 110 valence electrons. The summed E-state index contributed by atoms with van der Waals surface area (Å²) in [6.45, 7) is 4.17. The first kappa shape index (κ1) is 14.0. The number of aromatic nitrogens is 1. The predicted octanol–water partition coefficient (Wildman–Crippen LogP) is 1.68. The quantitative estimate of drug-likeness (QED) is 0.937. The van der Waals surface area contributed by atoms with Crippen LogP contribution in [-0.2, 0) is 6.54 Å². The van der Waals surface area contributed by atoms with Crippen molar-refractivity contribution in [2.75, 3.05) is 31.9 Å². The fraction of sp³-hybridized carbons (Fsp3) is 0.333. The number of benzene rings is 1. The lowest BCUT2D eigenvalue weighted by Crippen LogP contribution is -2.48. The molecule has 0 atom stereocenters. The lowest BCUT2D eigenvalue weighted by atomic mass is 10.2. The predicted molar refractivity (Wildman–Crippen MR) is 84.1 cm³/mol. The summed E-state index contributed by atoms with van der Waals surface area (Å²) < 4.78 is 0. The third kappa shape index (κ3) is 3.40. The van der Waals surface area contributed by atoms with Crippen molar-refractivity contribution >= 4 is 22.4 Å². The van der Waals surface area contributed by atoms with E-state index in [0.717, 1.165) is 38.3 Å². The highest BCUT2D eigenvalue weighted by molar-refractivity contribution is 7.15. The van der Waals surface area contributed by atoms with Crippen LogP contribution >= 0.6 is 11.3 Å². The molecular formula is C15H18N4OS. The number of nitrogens with two attached hydrogens (primary N) is 1. The maximum Gasteiger partial charge on any atom is 0.253 e. The third-order valence-corrected chi connectivity index (χ3v) is 4.44. The van der Waals surface area contributed by atoms with Crippen molar-refractivity contribution in [1.29, 1.82) is 0 Å². The van der Waals surface area contributed by atoms with Gasteiger partial charge in [0.05, 0.1) is 0 Å². The third-order valence-electron chi connectivity index (χ3n) is 3.63. The van der Waals surface area contributed by atoms with Gasteiger partial charge in [0.1, 0.15) is 0 Å². The van der Waals surface area contributed by atoms with Gasteiger partial charge in [0.25, 0.3) is 5.91 Å². The second-order valence-corrected chi connectivity index (χ2v) is 6.25. The first-order chi connectivity index (χ1) is 10.2. The summed E-state index contributed by atoms with van der Waals surface area (Å²) in [5.74, 6) is 0.122. The van der Waals surface area contributed by atoms with Gasteiger partial charge in [-0.05, 0) is 12.1 Å². The number of amides is 1. The standard InChI is InChI=1S/C15H18N4OS/c16-15-17-10-13(21-15)11-18-6-8-19(9-7-18)14(20)12-4-2-1-3-5-12/h1-5,10H,6-9,11H2,(H2,16,17). The lowest BCUT2D eigenvalue weighted by molar-refractivity contribution is 0.0629. The number of piperazine rings is 1. The molecule has 0 aliphatic carbocycles. The molecular weight excluding hydrogens is 284 g/mol. The fourth-order valence-corrected chi connectivity index (χ4v) is 3.22. The minimum Gasteiger partial charge on any atom is -0.375 e. The van der Waals surface area contributed by atoms with Crippen LogP contribution in [0.5, 0.6) is 0 Å². The highest BCUT2D eigenvalue weighted by atomic mass is 32.1. The SMILES string of the molecule is Nc1ncc(CN2CCN(C(=O)c3ccccc3)CC2)s1. The highest BCUT2D eigenvalue weighted by Crippen LogP contribution is 2.18. The van der Waals surface area contributed by atoms with E-state index in [0.29, 0.717) is 5.13 Å². The number of carbonyl (C=O) groups excluding carboxylic acids is 1. The topological polar surface area (TPSA) is 62.5 Å². The zero-order valence-corrected chi connectivity index (χ0v) is 12.6. The first-order valence-electron chi connectivity index (χ1n) is 6.99. The van der Waals surface area contributed by atoms with Crippen molar-refractivity contribution in [3.05, 3.63) is 47.0 Å². The van der Waals surface area contributed by atoms with Crippen molar-refractivity contribution < 1.29 is 4.79 Å². The van der Waals surface area contributed by atoms with E-state index in [1.807, 2.05) is 41.4 Å². The number of hydrogen-bond acceptors (Lipinski definition) is 5. The normalized spacial score (nSPS) is 16.1. The summed E-state index contributed by atoms with van der Waals surface area (Å²) in [5.41, 5.74) is 6.41. The minimum absolute atomic E-state index is 0.122. The number of nitrogens with zero attached hydrogens (tertiary/aromatic N) is 3. The summed E-state index contributed by atoms with van der Waals surface area (Å²) in [7, 11) is 0. The van der Waals surface area contributed by atoms with Gasteiger partial charge in [-0.1, -0.05) is 18.2 Å². The molecule has 3 rings (SSSR count). The molecule has 2 heterocycles. The van der Waals surface area contributed by atoms with Crippen LogP contribution in [0.15, 0.2) is 36.5 Å². The van der Waals surface area contributed by atoms with Gasteiger partial charge in [-0.2, -0.15) is 0 Å². The molecule has 0 radical (unpaired) electrons. The molecule has 2 N–H and O–H groups in total. The molecule has 0 saturated carbocycles. The van der Waals surface area contributed by atoms with Crippen molar-refractivity contribution in [2.24, 2.45) is 0 Å². The lowest BCUT2D eigenvalue weighted by Gasteiger charge is -2.34. The highest BCUT2D eigenvalue weighted by Gasteiger charge is 2.22. The van der Waals surface area contributed by atoms with Gasteiger partial charge in [-0.25, -0.2) is 4.98 Å². The molecule has 21 heavy (non-hydrogen) atoms. The van der Waals surface area contributed by atoms with E-state index in [1.54, 1.807) is 0 Å². The monoisotopic (exact) mass is 302 g/mol. The van der Waals surface area contributed by atoms with Crippen molar-refractivity contribution in [1.82, 2.24) is 14.8 Å². The molecule has 5 nitrogen and oxygen atoms in total. The number of anilines is 1. The van der Waals surface area contributed by atoms with E-state index in [2.05, 4.69) is 9.88 Å². The Morgan fingerprint density at radius 2 is 1.90 bits per heavy atom. The molecule has 2 aromatic rings. The molecule has 0 unspecified atom stereocenters. The van der Waals surface area contributed by atoms with Crippen LogP contribution in [-0.4, -0.2) is 46.9 Å². The Hall–Kier alpha value is -1.92. The zero-order valence-electron chi connectivity index (χ0n) is 11.7. The fourth-order valence-electron chi connectivity index (χ4n) is 2.49. The maximum atomic E-state index is 12.4. The summed E-state index contributed by atoms with van der Waals surface area (Å²) in [4.78, 5) is 21.9. The van der Waals surface area contributed by atoms with Gasteiger partial charge in [0, 0.05) is 49.4 Å². The van der Waals surface area contributed by atoms with E-state index in [1.165, 1.54) is 16.2 Å². The Bertz CT molecular complexity index is 605. The Kier molecular flexibility index (Phi) is 4.17. The molecule has 1 amide bonds. The van der Waals surface area contributed by atoms with Crippen molar-refractivity contribution in [3.8, 4) is 0 Å². The van der Waals surface area contributed by atoms with Crippen LogP contribution in [0.25, 0.3) is 0 Å². The second-order valence-electron chi connectivity index (χ2n) is 5.10. The summed E-state index contributed by atoms with van der Waals surface area (Å²) in [5, 5.41) is 0.614. The summed E-state index contributed by atoms with van der Waals surface area (Å²) >= 11 is 1.53. The molecule has 6 heteroatoms. The molecule has 1 aliphatic heterocycles. The smallest absolute Gasteiger partial charge is 0.253 e. The van der Waals surface area contributed by atoms with Gasteiger partial charge in [-0.3, -0.25) is 9.69 Å².